The standard InChI is InChI=1S/C22H18ClN3O2/c1-13-5-7-20(27)15(10-13)18-12-19-16-11-14(23)6-8-21(16)28-22(26(19)25-18)17-4-2-3-9-24-17/h2-11,19,22,27H,12H2,1H3/t19-,22-/m0/s1. The lowest BCUT2D eigenvalue weighted by Gasteiger charge is -2.37. The molecule has 5 nitrogen and oxygen atoms in total. The number of fused-ring (bicyclic) bond motifs is 3. The number of hydrazone groups is 1. The molecule has 5 rings (SSSR count). The minimum atomic E-state index is -0.440. The van der Waals surface area contributed by atoms with Gasteiger partial charge in [-0.15, -0.1) is 0 Å². The van der Waals surface area contributed by atoms with Crippen molar-refractivity contribution in [1.29, 1.82) is 0 Å². The van der Waals surface area contributed by atoms with E-state index >= 15 is 0 Å². The third-order valence-corrected chi connectivity index (χ3v) is 5.39. The largest absolute Gasteiger partial charge is 0.507 e. The number of ether oxygens (including phenoxy) is 1. The van der Waals surface area contributed by atoms with Gasteiger partial charge in [0, 0.05) is 28.8 Å². The number of phenols is 1. The smallest absolute Gasteiger partial charge is 0.230 e. The second kappa shape index (κ2) is 6.53. The van der Waals surface area contributed by atoms with E-state index in [4.69, 9.17) is 21.4 Å². The zero-order valence-electron chi connectivity index (χ0n) is 15.2. The van der Waals surface area contributed by atoms with Gasteiger partial charge in [-0.3, -0.25) is 4.98 Å². The summed E-state index contributed by atoms with van der Waals surface area (Å²) in [6.07, 6.45) is 1.96. The number of nitrogens with zero attached hydrogens (tertiary/aromatic N) is 3. The molecule has 1 aromatic heterocycles. The molecule has 0 saturated carbocycles. The Kier molecular flexibility index (Phi) is 3.98. The Balaban J connectivity index is 1.63. The Hall–Kier alpha value is -3.05. The van der Waals surface area contributed by atoms with E-state index in [9.17, 15) is 5.11 Å². The molecule has 2 atom stereocenters. The van der Waals surface area contributed by atoms with E-state index < -0.39 is 6.23 Å². The SMILES string of the molecule is Cc1ccc(O)c(C2=NN3[C@@H](C2)c2cc(Cl)ccc2O[C@H]3c2ccccn2)c1. The van der Waals surface area contributed by atoms with E-state index in [1.807, 2.05) is 60.5 Å². The number of aryl methyl sites for hydroxylation is 1. The fourth-order valence-corrected chi connectivity index (χ4v) is 4.00. The van der Waals surface area contributed by atoms with Crippen LogP contribution in [-0.2, 0) is 0 Å². The number of aromatic hydroxyl groups is 1. The summed E-state index contributed by atoms with van der Waals surface area (Å²) in [6.45, 7) is 2.00. The van der Waals surface area contributed by atoms with Gasteiger partial charge in [-0.1, -0.05) is 29.3 Å². The minimum absolute atomic E-state index is 0.0376. The van der Waals surface area contributed by atoms with E-state index in [1.165, 1.54) is 0 Å². The maximum Gasteiger partial charge on any atom is 0.230 e. The second-order valence-corrected chi connectivity index (χ2v) is 7.51. The summed E-state index contributed by atoms with van der Waals surface area (Å²) < 4.78 is 6.26. The van der Waals surface area contributed by atoms with Crippen molar-refractivity contribution in [3.05, 3.63) is 88.2 Å². The summed E-state index contributed by atoms with van der Waals surface area (Å²) in [4.78, 5) is 4.47. The number of hydrogen-bond acceptors (Lipinski definition) is 5. The Morgan fingerprint density at radius 2 is 2.04 bits per heavy atom. The van der Waals surface area contributed by atoms with Gasteiger partial charge in [0.25, 0.3) is 0 Å². The van der Waals surface area contributed by atoms with Crippen LogP contribution in [0.5, 0.6) is 11.5 Å². The molecule has 0 spiro atoms. The van der Waals surface area contributed by atoms with Crippen molar-refractivity contribution in [3.63, 3.8) is 0 Å². The molecule has 0 radical (unpaired) electrons. The average molecular weight is 392 g/mol. The Morgan fingerprint density at radius 1 is 1.14 bits per heavy atom. The number of phenolic OH excluding ortho intramolecular Hbond substituents is 1. The monoisotopic (exact) mass is 391 g/mol. The quantitative estimate of drug-likeness (QED) is 0.668. The van der Waals surface area contributed by atoms with Crippen LogP contribution in [0.25, 0.3) is 0 Å². The maximum absolute atomic E-state index is 10.4. The van der Waals surface area contributed by atoms with E-state index in [2.05, 4.69) is 4.98 Å². The summed E-state index contributed by atoms with van der Waals surface area (Å²) in [5.74, 6) is 1.01. The van der Waals surface area contributed by atoms with E-state index in [1.54, 1.807) is 12.3 Å². The average Bonchev–Trinajstić information content (AvgIpc) is 3.15. The highest BCUT2D eigenvalue weighted by atomic mass is 35.5. The first-order valence-electron chi connectivity index (χ1n) is 9.13. The first kappa shape index (κ1) is 17.1. The van der Waals surface area contributed by atoms with Crippen LogP contribution in [0.1, 0.15) is 41.1 Å². The summed E-state index contributed by atoms with van der Waals surface area (Å²) in [6, 6.07) is 16.9. The number of aromatic nitrogens is 1. The van der Waals surface area contributed by atoms with Crippen molar-refractivity contribution in [2.75, 3.05) is 0 Å². The maximum atomic E-state index is 10.4. The van der Waals surface area contributed by atoms with Gasteiger partial charge < -0.3 is 9.84 Å². The van der Waals surface area contributed by atoms with Crippen LogP contribution in [0.4, 0.5) is 0 Å². The lowest BCUT2D eigenvalue weighted by molar-refractivity contribution is -0.0218. The molecule has 0 amide bonds. The molecule has 28 heavy (non-hydrogen) atoms. The molecule has 0 fully saturated rings. The molecule has 6 heteroatoms. The van der Waals surface area contributed by atoms with Crippen LogP contribution >= 0.6 is 11.6 Å². The molecular weight excluding hydrogens is 374 g/mol. The predicted molar refractivity (Wildman–Crippen MR) is 108 cm³/mol. The van der Waals surface area contributed by atoms with Crippen molar-refractivity contribution in [1.82, 2.24) is 9.99 Å². The molecule has 0 unspecified atom stereocenters. The highest BCUT2D eigenvalue weighted by Crippen LogP contribution is 2.48. The van der Waals surface area contributed by atoms with Crippen LogP contribution in [0, 0.1) is 6.92 Å². The zero-order chi connectivity index (χ0) is 19.3. The first-order chi connectivity index (χ1) is 13.6. The molecule has 3 aromatic rings. The third kappa shape index (κ3) is 2.79. The summed E-state index contributed by atoms with van der Waals surface area (Å²) >= 11 is 6.26. The fraction of sp³-hybridized carbons (Fsp3) is 0.182. The van der Waals surface area contributed by atoms with Crippen LogP contribution in [0.3, 0.4) is 0 Å². The topological polar surface area (TPSA) is 58.0 Å². The molecule has 2 aromatic carbocycles. The van der Waals surface area contributed by atoms with Crippen molar-refractivity contribution < 1.29 is 9.84 Å². The van der Waals surface area contributed by atoms with Crippen LogP contribution in [0.15, 0.2) is 65.9 Å². The number of pyridine rings is 1. The molecule has 0 saturated heterocycles. The summed E-state index contributed by atoms with van der Waals surface area (Å²) in [5.41, 5.74) is 4.42. The molecule has 2 aliphatic heterocycles. The van der Waals surface area contributed by atoms with Gasteiger partial charge in [0.1, 0.15) is 17.2 Å². The van der Waals surface area contributed by atoms with Gasteiger partial charge >= 0.3 is 0 Å². The van der Waals surface area contributed by atoms with Crippen molar-refractivity contribution in [2.45, 2.75) is 25.6 Å². The lowest BCUT2D eigenvalue weighted by Crippen LogP contribution is -2.34. The van der Waals surface area contributed by atoms with Crippen molar-refractivity contribution >= 4 is 17.3 Å². The molecule has 0 bridgehead atoms. The fourth-order valence-electron chi connectivity index (χ4n) is 3.82. The summed E-state index contributed by atoms with van der Waals surface area (Å²) in [5, 5.41) is 17.8. The second-order valence-electron chi connectivity index (χ2n) is 7.07. The number of hydrogen-bond donors (Lipinski definition) is 1. The first-order valence-corrected chi connectivity index (χ1v) is 9.51. The normalized spacial score (nSPS) is 20.2. The molecule has 1 N–H and O–H groups in total. The van der Waals surface area contributed by atoms with Gasteiger partial charge in [-0.05, 0) is 49.4 Å². The highest BCUT2D eigenvalue weighted by Gasteiger charge is 2.42. The van der Waals surface area contributed by atoms with Crippen LogP contribution < -0.4 is 4.74 Å². The van der Waals surface area contributed by atoms with E-state index in [0.29, 0.717) is 11.4 Å². The number of benzene rings is 2. The van der Waals surface area contributed by atoms with Gasteiger partial charge in [-0.25, -0.2) is 5.01 Å². The lowest BCUT2D eigenvalue weighted by atomic mass is 9.95. The number of rotatable bonds is 2. The van der Waals surface area contributed by atoms with Gasteiger partial charge in [0.2, 0.25) is 6.23 Å². The molecule has 0 aliphatic carbocycles. The van der Waals surface area contributed by atoms with Crippen molar-refractivity contribution in [2.24, 2.45) is 5.10 Å². The van der Waals surface area contributed by atoms with Crippen LogP contribution in [0.2, 0.25) is 5.02 Å². The van der Waals surface area contributed by atoms with Gasteiger partial charge in [0.05, 0.1) is 11.8 Å². The predicted octanol–water partition coefficient (Wildman–Crippen LogP) is 4.99. The highest BCUT2D eigenvalue weighted by molar-refractivity contribution is 6.30. The Morgan fingerprint density at radius 3 is 2.86 bits per heavy atom. The number of halogens is 1. The zero-order valence-corrected chi connectivity index (χ0v) is 16.0. The molecule has 3 heterocycles. The van der Waals surface area contributed by atoms with E-state index in [-0.39, 0.29) is 11.8 Å². The molecular formula is C22H18ClN3O2. The minimum Gasteiger partial charge on any atom is -0.507 e. The Labute approximate surface area is 167 Å². The summed E-state index contributed by atoms with van der Waals surface area (Å²) in [7, 11) is 0. The Bertz CT molecular complexity index is 1080. The van der Waals surface area contributed by atoms with E-state index in [0.717, 1.165) is 33.8 Å². The van der Waals surface area contributed by atoms with Crippen LogP contribution in [-0.4, -0.2) is 20.8 Å². The molecule has 140 valence electrons. The van der Waals surface area contributed by atoms with Gasteiger partial charge in [-0.2, -0.15) is 5.10 Å². The third-order valence-electron chi connectivity index (χ3n) is 5.16. The molecule has 2 aliphatic rings. The van der Waals surface area contributed by atoms with Gasteiger partial charge in [0.15, 0.2) is 0 Å². The van der Waals surface area contributed by atoms with Crippen molar-refractivity contribution in [3.8, 4) is 11.5 Å².